The summed E-state index contributed by atoms with van der Waals surface area (Å²) >= 11 is 0. The van der Waals surface area contributed by atoms with E-state index in [-0.39, 0.29) is 28.6 Å². The lowest BCUT2D eigenvalue weighted by Gasteiger charge is -2.59. The summed E-state index contributed by atoms with van der Waals surface area (Å²) < 4.78 is 33.2. The predicted molar refractivity (Wildman–Crippen MR) is 83.2 cm³/mol. The zero-order valence-electron chi connectivity index (χ0n) is 13.0. The van der Waals surface area contributed by atoms with E-state index < -0.39 is 10.0 Å². The van der Waals surface area contributed by atoms with Gasteiger partial charge in [0.05, 0.1) is 17.1 Å². The second-order valence-electron chi connectivity index (χ2n) is 6.65. The van der Waals surface area contributed by atoms with E-state index in [1.165, 1.54) is 0 Å². The lowest BCUT2D eigenvalue weighted by molar-refractivity contribution is -0.138. The molecule has 0 amide bonds. The molecule has 2 N–H and O–H groups in total. The van der Waals surface area contributed by atoms with Crippen LogP contribution in [0.2, 0.25) is 0 Å². The fourth-order valence-corrected chi connectivity index (χ4v) is 4.76. The minimum atomic E-state index is -3.55. The monoisotopic (exact) mass is 325 g/mol. The first-order valence-electron chi connectivity index (χ1n) is 7.81. The summed E-state index contributed by atoms with van der Waals surface area (Å²) in [7, 11) is -3.55. The Kier molecular flexibility index (Phi) is 3.95. The van der Waals surface area contributed by atoms with E-state index in [4.69, 9.17) is 4.74 Å². The van der Waals surface area contributed by atoms with Crippen LogP contribution in [0.4, 0.5) is 0 Å². The van der Waals surface area contributed by atoms with E-state index in [1.54, 1.807) is 24.3 Å². The van der Waals surface area contributed by atoms with Crippen LogP contribution in [0, 0.1) is 5.41 Å². The minimum Gasteiger partial charge on any atom is -0.491 e. The smallest absolute Gasteiger partial charge is 0.240 e. The van der Waals surface area contributed by atoms with Crippen LogP contribution in [0.3, 0.4) is 0 Å². The summed E-state index contributed by atoms with van der Waals surface area (Å²) in [5, 5.41) is 9.92. The Morgan fingerprint density at radius 3 is 2.36 bits per heavy atom. The molecule has 2 aliphatic carbocycles. The molecule has 3 rings (SSSR count). The molecule has 1 aromatic rings. The summed E-state index contributed by atoms with van der Waals surface area (Å²) in [6.45, 7) is 3.85. The average molecular weight is 325 g/mol. The van der Waals surface area contributed by atoms with E-state index in [1.807, 2.05) is 13.8 Å². The Morgan fingerprint density at radius 1 is 1.27 bits per heavy atom. The van der Waals surface area contributed by atoms with Gasteiger partial charge in [-0.15, -0.1) is 0 Å². The van der Waals surface area contributed by atoms with Crippen molar-refractivity contribution >= 4 is 10.0 Å². The van der Waals surface area contributed by atoms with Gasteiger partial charge >= 0.3 is 0 Å². The van der Waals surface area contributed by atoms with Crippen molar-refractivity contribution in [3.05, 3.63) is 24.3 Å². The predicted octanol–water partition coefficient (Wildman–Crippen LogP) is 2.06. The zero-order chi connectivity index (χ0) is 16.0. The summed E-state index contributed by atoms with van der Waals surface area (Å²) in [4.78, 5) is 0.236. The normalized spacial score (nSPS) is 26.5. The second-order valence-corrected chi connectivity index (χ2v) is 8.36. The lowest BCUT2D eigenvalue weighted by atomic mass is 9.51. The van der Waals surface area contributed by atoms with Gasteiger partial charge in [-0.3, -0.25) is 0 Å². The largest absolute Gasteiger partial charge is 0.491 e. The molecule has 2 atom stereocenters. The highest BCUT2D eigenvalue weighted by Crippen LogP contribution is 2.56. The third kappa shape index (κ3) is 2.64. The third-order valence-corrected chi connectivity index (χ3v) is 6.39. The maximum Gasteiger partial charge on any atom is 0.240 e. The maximum absolute atomic E-state index is 12.5. The molecule has 6 heteroatoms. The average Bonchev–Trinajstić information content (AvgIpc) is 2.35. The number of benzene rings is 1. The third-order valence-electron chi connectivity index (χ3n) is 4.90. The molecule has 2 saturated carbocycles. The number of aliphatic hydroxyl groups excluding tert-OH is 1. The van der Waals surface area contributed by atoms with Crippen molar-refractivity contribution in [2.24, 2.45) is 5.41 Å². The molecular formula is C16H23NO4S. The second kappa shape index (κ2) is 5.51. The van der Waals surface area contributed by atoms with Gasteiger partial charge in [-0.1, -0.05) is 6.42 Å². The van der Waals surface area contributed by atoms with Gasteiger partial charge in [0.2, 0.25) is 10.0 Å². The van der Waals surface area contributed by atoms with Crippen LogP contribution in [-0.2, 0) is 10.0 Å². The number of hydrogen-bond acceptors (Lipinski definition) is 4. The van der Waals surface area contributed by atoms with E-state index in [9.17, 15) is 13.5 Å². The van der Waals surface area contributed by atoms with Crippen LogP contribution in [0.1, 0.15) is 39.5 Å². The van der Waals surface area contributed by atoms with Gasteiger partial charge in [-0.2, -0.15) is 0 Å². The standard InChI is InChI=1S/C16H23NO4S/c1-11(2)21-12-4-6-13(7-5-12)22(19,20)17-14-10-15(18)16(14)8-3-9-16/h4-7,11,14-15,17-18H,3,8-10H2,1-2H3. The molecule has 1 aromatic carbocycles. The summed E-state index contributed by atoms with van der Waals surface area (Å²) in [5.41, 5.74) is -0.215. The van der Waals surface area contributed by atoms with Crippen LogP contribution in [0.25, 0.3) is 0 Å². The van der Waals surface area contributed by atoms with Gasteiger partial charge in [-0.05, 0) is 57.4 Å². The number of hydrogen-bond donors (Lipinski definition) is 2. The van der Waals surface area contributed by atoms with Crippen molar-refractivity contribution in [3.8, 4) is 5.75 Å². The molecule has 2 unspecified atom stereocenters. The van der Waals surface area contributed by atoms with Gasteiger partial charge in [0.25, 0.3) is 0 Å². The Labute approximate surface area is 131 Å². The van der Waals surface area contributed by atoms with Gasteiger partial charge in [0.1, 0.15) is 5.75 Å². The topological polar surface area (TPSA) is 75.6 Å². The van der Waals surface area contributed by atoms with Crippen LogP contribution in [0.15, 0.2) is 29.2 Å². The van der Waals surface area contributed by atoms with E-state index >= 15 is 0 Å². The van der Waals surface area contributed by atoms with Gasteiger partial charge < -0.3 is 9.84 Å². The Morgan fingerprint density at radius 2 is 1.91 bits per heavy atom. The molecule has 0 aliphatic heterocycles. The first-order chi connectivity index (χ1) is 10.3. The molecule has 0 radical (unpaired) electrons. The molecule has 0 bridgehead atoms. The molecule has 2 fully saturated rings. The van der Waals surface area contributed by atoms with Gasteiger partial charge in [0.15, 0.2) is 0 Å². The van der Waals surface area contributed by atoms with Crippen molar-refractivity contribution < 1.29 is 18.3 Å². The molecule has 1 spiro atoms. The van der Waals surface area contributed by atoms with E-state index in [0.29, 0.717) is 12.2 Å². The summed E-state index contributed by atoms with van der Waals surface area (Å²) in [6, 6.07) is 6.31. The number of nitrogens with one attached hydrogen (secondary N) is 1. The zero-order valence-corrected chi connectivity index (χ0v) is 13.8. The first-order valence-corrected chi connectivity index (χ1v) is 9.29. The van der Waals surface area contributed by atoms with Gasteiger partial charge in [-0.25, -0.2) is 13.1 Å². The maximum atomic E-state index is 12.5. The fraction of sp³-hybridized carbons (Fsp3) is 0.625. The highest BCUT2D eigenvalue weighted by atomic mass is 32.2. The van der Waals surface area contributed by atoms with Crippen molar-refractivity contribution in [3.63, 3.8) is 0 Å². The summed E-state index contributed by atoms with van der Waals surface area (Å²) in [5.74, 6) is 0.656. The first kappa shape index (κ1) is 15.8. The fourth-order valence-electron chi connectivity index (χ4n) is 3.42. The Hall–Kier alpha value is -1.11. The lowest BCUT2D eigenvalue weighted by Crippen LogP contribution is -2.66. The SMILES string of the molecule is CC(C)Oc1ccc(S(=O)(=O)NC2CC(O)C23CCC3)cc1. The highest BCUT2D eigenvalue weighted by molar-refractivity contribution is 7.89. The number of ether oxygens (including phenoxy) is 1. The van der Waals surface area contributed by atoms with Crippen LogP contribution in [0.5, 0.6) is 5.75 Å². The number of sulfonamides is 1. The van der Waals surface area contributed by atoms with Crippen molar-refractivity contribution in [2.45, 2.75) is 62.7 Å². The Balaban J connectivity index is 1.70. The van der Waals surface area contributed by atoms with Crippen molar-refractivity contribution in [1.82, 2.24) is 4.72 Å². The van der Waals surface area contributed by atoms with Crippen molar-refractivity contribution in [1.29, 1.82) is 0 Å². The van der Waals surface area contributed by atoms with E-state index in [0.717, 1.165) is 19.3 Å². The molecule has 0 saturated heterocycles. The molecule has 5 nitrogen and oxygen atoms in total. The number of rotatable bonds is 5. The van der Waals surface area contributed by atoms with Crippen LogP contribution < -0.4 is 9.46 Å². The molecule has 122 valence electrons. The molecule has 2 aliphatic rings. The molecule has 22 heavy (non-hydrogen) atoms. The minimum absolute atomic E-state index is 0.0514. The number of aliphatic hydroxyl groups is 1. The summed E-state index contributed by atoms with van der Waals surface area (Å²) in [6.07, 6.45) is 3.07. The Bertz CT molecular complexity index is 635. The highest BCUT2D eigenvalue weighted by Gasteiger charge is 2.58. The van der Waals surface area contributed by atoms with Crippen LogP contribution >= 0.6 is 0 Å². The van der Waals surface area contributed by atoms with Gasteiger partial charge in [0, 0.05) is 11.5 Å². The van der Waals surface area contributed by atoms with E-state index in [2.05, 4.69) is 4.72 Å². The molecular weight excluding hydrogens is 302 g/mol. The quantitative estimate of drug-likeness (QED) is 0.869. The molecule has 0 heterocycles. The van der Waals surface area contributed by atoms with Crippen molar-refractivity contribution in [2.75, 3.05) is 0 Å². The molecule has 0 aromatic heterocycles. The van der Waals surface area contributed by atoms with Crippen LogP contribution in [-0.4, -0.2) is 31.8 Å².